The Morgan fingerprint density at radius 3 is 2.88 bits per heavy atom. The second-order valence-electron chi connectivity index (χ2n) is 5.78. The fourth-order valence-electron chi connectivity index (χ4n) is 2.75. The Morgan fingerprint density at radius 2 is 1.96 bits per heavy atom. The molecule has 0 N–H and O–H groups in total. The summed E-state index contributed by atoms with van der Waals surface area (Å²) >= 11 is 0. The molecular weight excluding hydrogens is 330 g/mol. The van der Waals surface area contributed by atoms with E-state index in [0.29, 0.717) is 11.5 Å². The Balaban J connectivity index is 1.44. The van der Waals surface area contributed by atoms with Crippen LogP contribution in [0.25, 0.3) is 22.6 Å². The van der Waals surface area contributed by atoms with Crippen molar-refractivity contribution in [1.82, 2.24) is 9.97 Å². The predicted molar refractivity (Wildman–Crippen MR) is 97.1 cm³/mol. The molecule has 0 saturated heterocycles. The number of aromatic nitrogens is 2. The van der Waals surface area contributed by atoms with Gasteiger partial charge >= 0.3 is 0 Å². The summed E-state index contributed by atoms with van der Waals surface area (Å²) < 4.78 is 16.5. The van der Waals surface area contributed by atoms with Crippen molar-refractivity contribution in [1.29, 1.82) is 0 Å². The molecule has 2 aromatic heterocycles. The highest BCUT2D eigenvalue weighted by atomic mass is 16.7. The van der Waals surface area contributed by atoms with Crippen molar-refractivity contribution in [3.63, 3.8) is 0 Å². The zero-order chi connectivity index (χ0) is 17.3. The third kappa shape index (κ3) is 2.67. The number of pyridine rings is 1. The Hall–Kier alpha value is -3.67. The normalized spacial score (nSPS) is 12.9. The van der Waals surface area contributed by atoms with E-state index >= 15 is 0 Å². The molecule has 3 heterocycles. The van der Waals surface area contributed by atoms with Gasteiger partial charge in [0.1, 0.15) is 5.52 Å². The Labute approximate surface area is 148 Å². The fraction of sp³-hybridized carbons (Fsp3) is 0.0500. The van der Waals surface area contributed by atoms with Gasteiger partial charge in [-0.1, -0.05) is 0 Å². The molecule has 0 amide bonds. The van der Waals surface area contributed by atoms with Crippen LogP contribution in [-0.4, -0.2) is 23.0 Å². The van der Waals surface area contributed by atoms with Gasteiger partial charge in [0.05, 0.1) is 11.3 Å². The van der Waals surface area contributed by atoms with Crippen LogP contribution in [-0.2, 0) is 0 Å². The topological polar surface area (TPSA) is 69.7 Å². The number of oxazole rings is 1. The Kier molecular flexibility index (Phi) is 3.38. The van der Waals surface area contributed by atoms with Crippen molar-refractivity contribution in [2.24, 2.45) is 4.99 Å². The first kappa shape index (κ1) is 14.7. The molecule has 0 aliphatic carbocycles. The van der Waals surface area contributed by atoms with Crippen LogP contribution in [0.5, 0.6) is 11.5 Å². The molecule has 6 heteroatoms. The first-order valence-corrected chi connectivity index (χ1v) is 8.10. The van der Waals surface area contributed by atoms with Crippen LogP contribution < -0.4 is 9.47 Å². The molecule has 6 nitrogen and oxygen atoms in total. The van der Waals surface area contributed by atoms with Gasteiger partial charge in [-0.15, -0.1) is 0 Å². The molecule has 0 fully saturated rings. The maximum atomic E-state index is 5.79. The lowest BCUT2D eigenvalue weighted by Crippen LogP contribution is -1.92. The smallest absolute Gasteiger partial charge is 0.231 e. The van der Waals surface area contributed by atoms with Crippen LogP contribution >= 0.6 is 0 Å². The van der Waals surface area contributed by atoms with Crippen molar-refractivity contribution in [3.8, 4) is 23.0 Å². The van der Waals surface area contributed by atoms with Crippen molar-refractivity contribution < 1.29 is 13.9 Å². The van der Waals surface area contributed by atoms with Crippen LogP contribution in [0.15, 0.2) is 70.3 Å². The van der Waals surface area contributed by atoms with Crippen LogP contribution in [0.1, 0.15) is 5.56 Å². The quantitative estimate of drug-likeness (QED) is 0.517. The van der Waals surface area contributed by atoms with Gasteiger partial charge < -0.3 is 13.9 Å². The van der Waals surface area contributed by atoms with Gasteiger partial charge in [0.15, 0.2) is 17.1 Å². The first-order chi connectivity index (χ1) is 12.8. The first-order valence-electron chi connectivity index (χ1n) is 8.10. The minimum atomic E-state index is 0.262. The molecule has 4 aromatic rings. The average Bonchev–Trinajstić information content (AvgIpc) is 3.33. The molecule has 2 aromatic carbocycles. The highest BCUT2D eigenvalue weighted by Gasteiger charge is 2.12. The minimum Gasteiger partial charge on any atom is -0.454 e. The van der Waals surface area contributed by atoms with Gasteiger partial charge in [-0.05, 0) is 54.1 Å². The van der Waals surface area contributed by atoms with Crippen LogP contribution in [0.2, 0.25) is 0 Å². The van der Waals surface area contributed by atoms with E-state index in [4.69, 9.17) is 13.9 Å². The molecule has 126 valence electrons. The van der Waals surface area contributed by atoms with E-state index in [0.717, 1.165) is 33.8 Å². The molecular formula is C20H13N3O3. The molecule has 26 heavy (non-hydrogen) atoms. The van der Waals surface area contributed by atoms with Crippen molar-refractivity contribution in [3.05, 3.63) is 66.5 Å². The molecule has 5 rings (SSSR count). The molecule has 0 bridgehead atoms. The van der Waals surface area contributed by atoms with Gasteiger partial charge in [-0.25, -0.2) is 4.98 Å². The third-order valence-corrected chi connectivity index (χ3v) is 4.04. The summed E-state index contributed by atoms with van der Waals surface area (Å²) in [5.41, 5.74) is 4.04. The van der Waals surface area contributed by atoms with Crippen molar-refractivity contribution >= 4 is 23.0 Å². The summed E-state index contributed by atoms with van der Waals surface area (Å²) in [6, 6.07) is 15.1. The lowest BCUT2D eigenvalue weighted by atomic mass is 10.2. The summed E-state index contributed by atoms with van der Waals surface area (Å²) in [6.45, 7) is 0.262. The van der Waals surface area contributed by atoms with E-state index < -0.39 is 0 Å². The largest absolute Gasteiger partial charge is 0.454 e. The van der Waals surface area contributed by atoms with E-state index in [-0.39, 0.29) is 6.79 Å². The predicted octanol–water partition coefficient (Wildman–Crippen LogP) is 4.37. The SMILES string of the molecule is C(=Nc1ccc2oc(-c3cccnc3)nc2c1)c1ccc2c(c1)OCO2. The van der Waals surface area contributed by atoms with Crippen LogP contribution in [0, 0.1) is 0 Å². The number of nitrogens with zero attached hydrogens (tertiary/aromatic N) is 3. The fourth-order valence-corrected chi connectivity index (χ4v) is 2.75. The number of aliphatic imine (C=N–C) groups is 1. The van der Waals surface area contributed by atoms with Gasteiger partial charge in [0.25, 0.3) is 0 Å². The lowest BCUT2D eigenvalue weighted by molar-refractivity contribution is 0.174. The molecule has 1 aliphatic rings. The van der Waals surface area contributed by atoms with E-state index in [2.05, 4.69) is 15.0 Å². The number of benzene rings is 2. The maximum Gasteiger partial charge on any atom is 0.231 e. The van der Waals surface area contributed by atoms with E-state index in [1.165, 1.54) is 0 Å². The Bertz CT molecular complexity index is 1120. The monoisotopic (exact) mass is 343 g/mol. The Morgan fingerprint density at radius 1 is 1.00 bits per heavy atom. The number of hydrogen-bond donors (Lipinski definition) is 0. The zero-order valence-electron chi connectivity index (χ0n) is 13.6. The van der Waals surface area contributed by atoms with E-state index in [9.17, 15) is 0 Å². The van der Waals surface area contributed by atoms with Gasteiger partial charge in [0.2, 0.25) is 12.7 Å². The van der Waals surface area contributed by atoms with E-state index in [1.807, 2.05) is 48.5 Å². The highest BCUT2D eigenvalue weighted by molar-refractivity contribution is 5.85. The average molecular weight is 343 g/mol. The standard InChI is InChI=1S/C20H13N3O3/c1-2-14(11-21-7-1)20-23-16-9-15(4-6-17(16)26-20)22-10-13-3-5-18-19(8-13)25-12-24-18/h1-11H,12H2. The minimum absolute atomic E-state index is 0.262. The highest BCUT2D eigenvalue weighted by Crippen LogP contribution is 2.32. The van der Waals surface area contributed by atoms with Gasteiger partial charge in [-0.2, -0.15) is 0 Å². The maximum absolute atomic E-state index is 5.79. The molecule has 1 aliphatic heterocycles. The number of ether oxygens (including phenoxy) is 2. The van der Waals surface area contributed by atoms with Crippen molar-refractivity contribution in [2.45, 2.75) is 0 Å². The second-order valence-corrected chi connectivity index (χ2v) is 5.78. The molecule has 0 atom stereocenters. The third-order valence-electron chi connectivity index (χ3n) is 4.04. The van der Waals surface area contributed by atoms with E-state index in [1.54, 1.807) is 18.6 Å². The summed E-state index contributed by atoms with van der Waals surface area (Å²) in [5.74, 6) is 2.04. The number of hydrogen-bond acceptors (Lipinski definition) is 6. The van der Waals surface area contributed by atoms with Crippen molar-refractivity contribution in [2.75, 3.05) is 6.79 Å². The summed E-state index contributed by atoms with van der Waals surface area (Å²) in [5, 5.41) is 0. The van der Waals surface area contributed by atoms with Crippen LogP contribution in [0.3, 0.4) is 0 Å². The number of fused-ring (bicyclic) bond motifs is 2. The molecule has 0 unspecified atom stereocenters. The van der Waals surface area contributed by atoms with Gasteiger partial charge in [0, 0.05) is 18.6 Å². The number of rotatable bonds is 3. The lowest BCUT2D eigenvalue weighted by Gasteiger charge is -1.97. The molecule has 0 spiro atoms. The summed E-state index contributed by atoms with van der Waals surface area (Å²) in [4.78, 5) is 13.1. The summed E-state index contributed by atoms with van der Waals surface area (Å²) in [6.07, 6.45) is 5.23. The van der Waals surface area contributed by atoms with Gasteiger partial charge in [-0.3, -0.25) is 9.98 Å². The zero-order valence-corrected chi connectivity index (χ0v) is 13.6. The summed E-state index contributed by atoms with van der Waals surface area (Å²) in [7, 11) is 0. The second kappa shape index (κ2) is 6.00. The van der Waals surface area contributed by atoms with Crippen LogP contribution in [0.4, 0.5) is 5.69 Å². The molecule has 0 saturated carbocycles. The molecule has 0 radical (unpaired) electrons.